The first-order chi connectivity index (χ1) is 14.3. The molecule has 0 radical (unpaired) electrons. The number of Topliss-reactive ketones (excluding diaryl/α,β-unsaturated/α-hetero) is 2. The number of hydrogen-bond acceptors (Lipinski definition) is 3. The van der Waals surface area contributed by atoms with Gasteiger partial charge in [-0.3, -0.25) is 4.79 Å². The van der Waals surface area contributed by atoms with E-state index in [-0.39, 0.29) is 23.4 Å². The van der Waals surface area contributed by atoms with Gasteiger partial charge in [-0.2, -0.15) is 0 Å². The van der Waals surface area contributed by atoms with Crippen molar-refractivity contribution in [1.82, 2.24) is 0 Å². The van der Waals surface area contributed by atoms with Crippen molar-refractivity contribution in [1.29, 1.82) is 0 Å². The first-order valence-electron chi connectivity index (χ1n) is 11.2. The van der Waals surface area contributed by atoms with E-state index in [1.165, 1.54) is 25.0 Å². The summed E-state index contributed by atoms with van der Waals surface area (Å²) < 4.78 is 40.2. The van der Waals surface area contributed by atoms with Gasteiger partial charge in [-0.1, -0.05) is 65.5 Å². The summed E-state index contributed by atoms with van der Waals surface area (Å²) in [7, 11) is 0. The van der Waals surface area contributed by atoms with Crippen molar-refractivity contribution in [3.63, 3.8) is 0 Å². The molecule has 0 spiro atoms. The van der Waals surface area contributed by atoms with Gasteiger partial charge in [0.15, 0.2) is 0 Å². The first-order valence-corrected chi connectivity index (χ1v) is 11.2. The molecule has 0 bridgehead atoms. The van der Waals surface area contributed by atoms with Gasteiger partial charge in [-0.25, -0.2) is 0 Å². The molecule has 0 N–H and O–H groups in total. The zero-order valence-corrected chi connectivity index (χ0v) is 19.5. The summed E-state index contributed by atoms with van der Waals surface area (Å²) in [6.45, 7) is 9.92. The Morgan fingerprint density at radius 2 is 1.52 bits per heavy atom. The van der Waals surface area contributed by atoms with Gasteiger partial charge >= 0.3 is 6.36 Å². The molecule has 0 aliphatic heterocycles. The van der Waals surface area contributed by atoms with Crippen LogP contribution >= 0.6 is 0 Å². The minimum atomic E-state index is -4.69. The van der Waals surface area contributed by atoms with Gasteiger partial charge < -0.3 is 9.53 Å². The molecule has 2 rings (SSSR count). The fourth-order valence-electron chi connectivity index (χ4n) is 3.59. The third-order valence-corrected chi connectivity index (χ3v) is 5.53. The summed E-state index contributed by atoms with van der Waals surface area (Å²) in [5, 5.41) is 0. The Morgan fingerprint density at radius 1 is 1.00 bits per heavy atom. The van der Waals surface area contributed by atoms with Crippen LogP contribution in [0, 0.1) is 11.3 Å². The molecule has 1 aromatic rings. The van der Waals surface area contributed by atoms with Crippen molar-refractivity contribution in [3.05, 3.63) is 29.8 Å². The molecule has 0 heterocycles. The third-order valence-electron chi connectivity index (χ3n) is 5.53. The second-order valence-corrected chi connectivity index (χ2v) is 9.69. The van der Waals surface area contributed by atoms with Crippen molar-refractivity contribution in [2.75, 3.05) is 0 Å². The predicted octanol–water partition coefficient (Wildman–Crippen LogP) is 7.63. The zero-order chi connectivity index (χ0) is 23.7. The highest BCUT2D eigenvalue weighted by molar-refractivity contribution is 5.87. The lowest BCUT2D eigenvalue weighted by Crippen LogP contribution is -2.20. The summed E-state index contributed by atoms with van der Waals surface area (Å²) in [6, 6.07) is 5.61. The topological polar surface area (TPSA) is 43.4 Å². The molecule has 1 aliphatic rings. The molecule has 1 saturated carbocycles. The highest BCUT2D eigenvalue weighted by Crippen LogP contribution is 2.31. The van der Waals surface area contributed by atoms with Crippen molar-refractivity contribution < 1.29 is 27.5 Å². The van der Waals surface area contributed by atoms with Crippen LogP contribution in [0.4, 0.5) is 13.2 Å². The highest BCUT2D eigenvalue weighted by Gasteiger charge is 2.31. The maximum atomic E-state index is 12.6. The second-order valence-electron chi connectivity index (χ2n) is 9.69. The monoisotopic (exact) mass is 442 g/mol. The van der Waals surface area contributed by atoms with E-state index in [4.69, 9.17) is 0 Å². The van der Waals surface area contributed by atoms with Gasteiger partial charge in [-0.05, 0) is 49.3 Å². The Bertz CT molecular complexity index is 679. The minimum Gasteiger partial charge on any atom is -0.406 e. The highest BCUT2D eigenvalue weighted by atomic mass is 19.4. The SMILES string of the molecule is CC(=O)CCC(C)(C)C.CC(C(=O)C1CCCCCC1)c1ccc(OC(F)(F)F)cc1. The Balaban J connectivity index is 0.000000452. The predicted molar refractivity (Wildman–Crippen MR) is 117 cm³/mol. The van der Waals surface area contributed by atoms with Gasteiger partial charge in [-0.15, -0.1) is 13.2 Å². The Morgan fingerprint density at radius 3 is 1.90 bits per heavy atom. The van der Waals surface area contributed by atoms with Crippen LogP contribution in [0.2, 0.25) is 0 Å². The van der Waals surface area contributed by atoms with E-state index in [0.29, 0.717) is 11.2 Å². The average molecular weight is 443 g/mol. The lowest BCUT2D eigenvalue weighted by molar-refractivity contribution is -0.274. The maximum Gasteiger partial charge on any atom is 0.573 e. The smallest absolute Gasteiger partial charge is 0.406 e. The molecular weight excluding hydrogens is 405 g/mol. The molecule has 1 aromatic carbocycles. The van der Waals surface area contributed by atoms with Crippen LogP contribution < -0.4 is 4.74 Å². The zero-order valence-electron chi connectivity index (χ0n) is 19.5. The van der Waals surface area contributed by atoms with E-state index in [9.17, 15) is 22.8 Å². The number of carbonyl (C=O) groups is 2. The van der Waals surface area contributed by atoms with Gasteiger partial charge in [0.1, 0.15) is 17.3 Å². The fourth-order valence-corrected chi connectivity index (χ4v) is 3.59. The largest absolute Gasteiger partial charge is 0.573 e. The molecular formula is C25H37F3O3. The summed E-state index contributed by atoms with van der Waals surface area (Å²) in [5.74, 6) is 0.0355. The summed E-state index contributed by atoms with van der Waals surface area (Å²) >= 11 is 0. The van der Waals surface area contributed by atoms with E-state index in [1.807, 2.05) is 6.92 Å². The van der Waals surface area contributed by atoms with Crippen LogP contribution in [0.25, 0.3) is 0 Å². The van der Waals surface area contributed by atoms with Crippen molar-refractivity contribution in [2.24, 2.45) is 11.3 Å². The van der Waals surface area contributed by atoms with Crippen LogP contribution in [0.5, 0.6) is 5.75 Å². The number of alkyl halides is 3. The molecule has 0 aromatic heterocycles. The third kappa shape index (κ3) is 11.9. The van der Waals surface area contributed by atoms with Crippen LogP contribution in [-0.4, -0.2) is 17.9 Å². The van der Waals surface area contributed by atoms with E-state index >= 15 is 0 Å². The van der Waals surface area contributed by atoms with Crippen LogP contribution in [0.1, 0.15) is 97.5 Å². The number of ether oxygens (including phenoxy) is 1. The lowest BCUT2D eigenvalue weighted by Gasteiger charge is -2.19. The number of hydrogen-bond donors (Lipinski definition) is 0. The molecule has 3 nitrogen and oxygen atoms in total. The second kappa shape index (κ2) is 12.3. The summed E-state index contributed by atoms with van der Waals surface area (Å²) in [6.07, 6.45) is 3.43. The van der Waals surface area contributed by atoms with E-state index in [2.05, 4.69) is 25.5 Å². The molecule has 1 unspecified atom stereocenters. The van der Waals surface area contributed by atoms with Crippen molar-refractivity contribution in [2.45, 2.75) is 98.3 Å². The molecule has 1 atom stereocenters. The molecule has 0 amide bonds. The minimum absolute atomic E-state index is 0.0867. The molecule has 176 valence electrons. The summed E-state index contributed by atoms with van der Waals surface area (Å²) in [5.41, 5.74) is 1.05. The Hall–Kier alpha value is -1.85. The number of benzene rings is 1. The molecule has 6 heteroatoms. The van der Waals surface area contributed by atoms with Gasteiger partial charge in [0.25, 0.3) is 0 Å². The normalized spacial score (nSPS) is 16.5. The molecule has 1 fully saturated rings. The Kier molecular flexibility index (Phi) is 10.7. The molecule has 0 saturated heterocycles. The number of ketones is 2. The van der Waals surface area contributed by atoms with E-state index in [1.54, 1.807) is 19.1 Å². The van der Waals surface area contributed by atoms with Gasteiger partial charge in [0.05, 0.1) is 0 Å². The quantitative estimate of drug-likeness (QED) is 0.425. The van der Waals surface area contributed by atoms with Crippen molar-refractivity contribution >= 4 is 11.6 Å². The standard InChI is InChI=1S/C17H21F3O2.C8H16O/c1-12(16(21)14-6-4-2-3-5-7-14)13-8-10-15(11-9-13)22-17(18,19)20;1-7(9)5-6-8(2,3)4/h8-12,14H,2-7H2,1H3;5-6H2,1-4H3. The Labute approximate surface area is 184 Å². The van der Waals surface area contributed by atoms with E-state index in [0.717, 1.165) is 44.1 Å². The number of rotatable bonds is 6. The maximum absolute atomic E-state index is 12.6. The average Bonchev–Trinajstić information content (AvgIpc) is 2.94. The van der Waals surface area contributed by atoms with Crippen LogP contribution in [0.15, 0.2) is 24.3 Å². The number of carbonyl (C=O) groups excluding carboxylic acids is 2. The van der Waals surface area contributed by atoms with Crippen molar-refractivity contribution in [3.8, 4) is 5.75 Å². The first kappa shape index (κ1) is 27.2. The molecule has 31 heavy (non-hydrogen) atoms. The van der Waals surface area contributed by atoms with E-state index < -0.39 is 6.36 Å². The molecule has 1 aliphatic carbocycles. The van der Waals surface area contributed by atoms with Gasteiger partial charge in [0, 0.05) is 18.3 Å². The van der Waals surface area contributed by atoms with Crippen LogP contribution in [0.3, 0.4) is 0 Å². The van der Waals surface area contributed by atoms with Crippen LogP contribution in [-0.2, 0) is 9.59 Å². The van der Waals surface area contributed by atoms with Gasteiger partial charge in [0.2, 0.25) is 0 Å². The lowest BCUT2D eigenvalue weighted by atomic mass is 9.85. The summed E-state index contributed by atoms with van der Waals surface area (Å²) in [4.78, 5) is 23.0. The number of halogens is 3. The fraction of sp³-hybridized carbons (Fsp3) is 0.680.